The number of hydrogen-bond donors (Lipinski definition) is 1. The van der Waals surface area contributed by atoms with E-state index in [1.807, 2.05) is 19.1 Å². The third-order valence-electron chi connectivity index (χ3n) is 4.16. The Morgan fingerprint density at radius 2 is 2.10 bits per heavy atom. The minimum absolute atomic E-state index is 0.286. The van der Waals surface area contributed by atoms with Crippen LogP contribution in [0.2, 0.25) is 0 Å². The molecular weight excluding hydrogens is 266 g/mol. The first-order valence-electron chi connectivity index (χ1n) is 7.86. The van der Waals surface area contributed by atoms with E-state index < -0.39 is 5.97 Å². The summed E-state index contributed by atoms with van der Waals surface area (Å²) >= 11 is 0. The summed E-state index contributed by atoms with van der Waals surface area (Å²) in [5, 5.41) is 9.36. The molecule has 0 aromatic heterocycles. The van der Waals surface area contributed by atoms with Gasteiger partial charge in [0, 0.05) is 12.6 Å². The largest absolute Gasteiger partial charge is 0.493 e. The molecule has 0 saturated carbocycles. The van der Waals surface area contributed by atoms with Crippen LogP contribution < -0.4 is 4.74 Å². The maximum Gasteiger partial charge on any atom is 0.339 e. The fourth-order valence-corrected chi connectivity index (χ4v) is 3.13. The molecular formula is C17H25NO3. The van der Waals surface area contributed by atoms with Crippen LogP contribution in [-0.4, -0.2) is 35.2 Å². The first kappa shape index (κ1) is 15.8. The first-order chi connectivity index (χ1) is 10.1. The highest BCUT2D eigenvalue weighted by Crippen LogP contribution is 2.31. The lowest BCUT2D eigenvalue weighted by Gasteiger charge is -2.36. The Hall–Kier alpha value is -1.55. The van der Waals surface area contributed by atoms with Crippen molar-refractivity contribution in [3.8, 4) is 5.75 Å². The van der Waals surface area contributed by atoms with Gasteiger partial charge in [0.05, 0.1) is 6.61 Å². The van der Waals surface area contributed by atoms with Crippen LogP contribution in [0.3, 0.4) is 0 Å². The number of carboxylic acid groups (broad SMARTS) is 1. The van der Waals surface area contributed by atoms with Crippen molar-refractivity contribution in [2.24, 2.45) is 0 Å². The smallest absolute Gasteiger partial charge is 0.339 e. The second-order valence-corrected chi connectivity index (χ2v) is 5.59. The Bertz CT molecular complexity index is 513. The van der Waals surface area contributed by atoms with Gasteiger partial charge in [0.15, 0.2) is 0 Å². The van der Waals surface area contributed by atoms with Crippen LogP contribution in [-0.2, 0) is 13.0 Å². The molecule has 1 aliphatic heterocycles. The molecule has 4 nitrogen and oxygen atoms in total. The van der Waals surface area contributed by atoms with Gasteiger partial charge in [-0.15, -0.1) is 0 Å². The van der Waals surface area contributed by atoms with Crippen LogP contribution in [0.5, 0.6) is 5.75 Å². The van der Waals surface area contributed by atoms with Gasteiger partial charge in [-0.05, 0) is 56.0 Å². The number of rotatable bonds is 6. The van der Waals surface area contributed by atoms with Crippen molar-refractivity contribution in [1.82, 2.24) is 4.90 Å². The SMILES string of the molecule is CCCN1Cc2cc(OCC)c(C(=O)O)cc2CC1CC. The Morgan fingerprint density at radius 3 is 2.67 bits per heavy atom. The van der Waals surface area contributed by atoms with Gasteiger partial charge in [0.2, 0.25) is 0 Å². The zero-order chi connectivity index (χ0) is 15.4. The van der Waals surface area contributed by atoms with Crippen molar-refractivity contribution in [3.63, 3.8) is 0 Å². The van der Waals surface area contributed by atoms with E-state index in [0.717, 1.165) is 37.9 Å². The van der Waals surface area contributed by atoms with E-state index >= 15 is 0 Å². The Morgan fingerprint density at radius 1 is 1.33 bits per heavy atom. The Labute approximate surface area is 126 Å². The van der Waals surface area contributed by atoms with E-state index in [4.69, 9.17) is 4.74 Å². The molecule has 0 saturated heterocycles. The summed E-state index contributed by atoms with van der Waals surface area (Å²) in [5.74, 6) is -0.416. The summed E-state index contributed by atoms with van der Waals surface area (Å²) in [6, 6.07) is 4.25. The Kier molecular flexibility index (Phi) is 5.23. The zero-order valence-corrected chi connectivity index (χ0v) is 13.2. The molecule has 1 heterocycles. The molecule has 2 rings (SSSR count). The van der Waals surface area contributed by atoms with Gasteiger partial charge in [-0.1, -0.05) is 13.8 Å². The normalized spacial score (nSPS) is 18.3. The average molecular weight is 291 g/mol. The van der Waals surface area contributed by atoms with Crippen LogP contribution >= 0.6 is 0 Å². The molecule has 1 aliphatic rings. The number of nitrogens with zero attached hydrogens (tertiary/aromatic N) is 1. The lowest BCUT2D eigenvalue weighted by molar-refractivity contribution is 0.0692. The summed E-state index contributed by atoms with van der Waals surface area (Å²) in [6.07, 6.45) is 3.16. The monoisotopic (exact) mass is 291 g/mol. The highest BCUT2D eigenvalue weighted by atomic mass is 16.5. The average Bonchev–Trinajstić information content (AvgIpc) is 2.46. The molecule has 0 bridgehead atoms. The lowest BCUT2D eigenvalue weighted by atomic mass is 9.90. The summed E-state index contributed by atoms with van der Waals surface area (Å²) in [4.78, 5) is 13.9. The van der Waals surface area contributed by atoms with Gasteiger partial charge in [-0.2, -0.15) is 0 Å². The van der Waals surface area contributed by atoms with Gasteiger partial charge >= 0.3 is 5.97 Å². The van der Waals surface area contributed by atoms with Crippen LogP contribution in [0.4, 0.5) is 0 Å². The van der Waals surface area contributed by atoms with Crippen LogP contribution in [0, 0.1) is 0 Å². The second kappa shape index (κ2) is 6.94. The van der Waals surface area contributed by atoms with Gasteiger partial charge < -0.3 is 9.84 Å². The molecule has 0 aliphatic carbocycles. The van der Waals surface area contributed by atoms with Crippen molar-refractivity contribution in [2.45, 2.75) is 52.6 Å². The van der Waals surface area contributed by atoms with Crippen molar-refractivity contribution in [1.29, 1.82) is 0 Å². The van der Waals surface area contributed by atoms with Gasteiger partial charge in [-0.25, -0.2) is 4.79 Å². The van der Waals surface area contributed by atoms with Crippen molar-refractivity contribution >= 4 is 5.97 Å². The molecule has 116 valence electrons. The minimum atomic E-state index is -0.912. The van der Waals surface area contributed by atoms with E-state index in [1.165, 1.54) is 5.56 Å². The fraction of sp³-hybridized carbons (Fsp3) is 0.588. The summed E-state index contributed by atoms with van der Waals surface area (Å²) in [5.41, 5.74) is 2.66. The molecule has 1 unspecified atom stereocenters. The van der Waals surface area contributed by atoms with Crippen molar-refractivity contribution in [2.75, 3.05) is 13.2 Å². The molecule has 0 amide bonds. The number of carbonyl (C=O) groups is 1. The number of carboxylic acids is 1. The van der Waals surface area contributed by atoms with Crippen LogP contribution in [0.25, 0.3) is 0 Å². The number of benzene rings is 1. The molecule has 1 N–H and O–H groups in total. The third-order valence-corrected chi connectivity index (χ3v) is 4.16. The minimum Gasteiger partial charge on any atom is -0.493 e. The van der Waals surface area contributed by atoms with Crippen LogP contribution in [0.15, 0.2) is 12.1 Å². The maximum absolute atomic E-state index is 11.4. The third kappa shape index (κ3) is 3.38. The standard InChI is InChI=1S/C17H25NO3/c1-4-7-18-11-13-10-16(21-6-3)15(17(19)20)9-12(13)8-14(18)5-2/h9-10,14H,4-8,11H2,1-3H3,(H,19,20). The van der Waals surface area contributed by atoms with Crippen molar-refractivity contribution < 1.29 is 14.6 Å². The van der Waals surface area contributed by atoms with E-state index in [-0.39, 0.29) is 5.56 Å². The quantitative estimate of drug-likeness (QED) is 0.873. The summed E-state index contributed by atoms with van der Waals surface area (Å²) in [7, 11) is 0. The topological polar surface area (TPSA) is 49.8 Å². The van der Waals surface area contributed by atoms with Crippen molar-refractivity contribution in [3.05, 3.63) is 28.8 Å². The van der Waals surface area contributed by atoms with Crippen LogP contribution in [0.1, 0.15) is 55.1 Å². The highest BCUT2D eigenvalue weighted by Gasteiger charge is 2.26. The van der Waals surface area contributed by atoms with Gasteiger partial charge in [0.1, 0.15) is 11.3 Å². The predicted octanol–water partition coefficient (Wildman–Crippen LogP) is 3.33. The maximum atomic E-state index is 11.4. The lowest BCUT2D eigenvalue weighted by Crippen LogP contribution is -2.40. The summed E-state index contributed by atoms with van der Waals surface area (Å²) in [6.45, 7) is 8.73. The molecule has 0 fully saturated rings. The number of ether oxygens (including phenoxy) is 1. The highest BCUT2D eigenvalue weighted by molar-refractivity contribution is 5.91. The van der Waals surface area contributed by atoms with Gasteiger partial charge in [-0.3, -0.25) is 4.90 Å². The molecule has 1 aromatic carbocycles. The number of hydrogen-bond acceptors (Lipinski definition) is 3. The number of fused-ring (bicyclic) bond motifs is 1. The predicted molar refractivity (Wildman–Crippen MR) is 83.1 cm³/mol. The molecule has 4 heteroatoms. The molecule has 0 radical (unpaired) electrons. The van der Waals surface area contributed by atoms with E-state index in [2.05, 4.69) is 18.7 Å². The fourth-order valence-electron chi connectivity index (χ4n) is 3.13. The molecule has 0 spiro atoms. The van der Waals surface area contributed by atoms with E-state index in [9.17, 15) is 9.90 Å². The van der Waals surface area contributed by atoms with E-state index in [0.29, 0.717) is 18.4 Å². The number of aromatic carboxylic acids is 1. The van der Waals surface area contributed by atoms with E-state index in [1.54, 1.807) is 0 Å². The van der Waals surface area contributed by atoms with Gasteiger partial charge in [0.25, 0.3) is 0 Å². The molecule has 21 heavy (non-hydrogen) atoms. The first-order valence-corrected chi connectivity index (χ1v) is 7.86. The molecule has 1 atom stereocenters. The summed E-state index contributed by atoms with van der Waals surface area (Å²) < 4.78 is 5.51. The molecule has 1 aromatic rings. The zero-order valence-electron chi connectivity index (χ0n) is 13.2. The second-order valence-electron chi connectivity index (χ2n) is 5.59. The Balaban J connectivity index is 2.38.